The van der Waals surface area contributed by atoms with E-state index in [1.165, 1.54) is 36.4 Å². The molecule has 0 atom stereocenters. The van der Waals surface area contributed by atoms with Crippen LogP contribution in [-0.2, 0) is 10.0 Å². The van der Waals surface area contributed by atoms with E-state index in [9.17, 15) is 23.1 Å². The van der Waals surface area contributed by atoms with Crippen LogP contribution in [0.15, 0.2) is 41.3 Å². The molecule has 0 unspecified atom stereocenters. The summed E-state index contributed by atoms with van der Waals surface area (Å²) in [5, 5.41) is 10.7. The summed E-state index contributed by atoms with van der Waals surface area (Å²) in [7, 11) is -4.18. The minimum atomic E-state index is -4.18. The lowest BCUT2D eigenvalue weighted by Crippen LogP contribution is -2.33. The molecule has 0 heterocycles. The summed E-state index contributed by atoms with van der Waals surface area (Å²) in [6.07, 6.45) is 8.11. The molecule has 4 N–H and O–H groups in total. The van der Waals surface area contributed by atoms with Crippen molar-refractivity contribution in [3.63, 3.8) is 0 Å². The van der Waals surface area contributed by atoms with Crippen molar-refractivity contribution in [3.05, 3.63) is 53.1 Å². The Kier molecular flexibility index (Phi) is 11.2. The fraction of sp³-hybridized carbons (Fsp3) is 0.481. The maximum atomic E-state index is 13.5. The second kappa shape index (κ2) is 13.9. The lowest BCUT2D eigenvalue weighted by atomic mass is 10.1. The zero-order valence-corrected chi connectivity index (χ0v) is 22.4. The van der Waals surface area contributed by atoms with Crippen molar-refractivity contribution in [2.24, 2.45) is 5.73 Å². The monoisotopic (exact) mass is 517 g/mol. The number of anilines is 1. The lowest BCUT2D eigenvalue weighted by molar-refractivity contribution is 0.0746. The summed E-state index contributed by atoms with van der Waals surface area (Å²) in [6, 6.07) is 8.44. The van der Waals surface area contributed by atoms with Gasteiger partial charge in [-0.1, -0.05) is 64.5 Å². The zero-order valence-electron chi connectivity index (χ0n) is 21.5. The van der Waals surface area contributed by atoms with Gasteiger partial charge in [-0.05, 0) is 49.6 Å². The summed E-state index contributed by atoms with van der Waals surface area (Å²) >= 11 is 0. The van der Waals surface area contributed by atoms with Crippen LogP contribution in [0, 0.1) is 6.92 Å². The van der Waals surface area contributed by atoms with Crippen molar-refractivity contribution in [1.29, 1.82) is 0 Å². The number of primary amides is 1. The number of unbranched alkanes of at least 4 members (excludes halogenated alkanes) is 6. The fourth-order valence-electron chi connectivity index (χ4n) is 4.06. The SMILES string of the molecule is CCCCCCN(CCCCCC)C(=O)c1cc(NS(=O)(=O)c2ccccc2C(N)=O)cc(C)c1O. The normalized spacial score (nSPS) is 11.3. The van der Waals surface area contributed by atoms with E-state index >= 15 is 0 Å². The first-order valence-corrected chi connectivity index (χ1v) is 14.1. The third-order valence-corrected chi connectivity index (χ3v) is 7.51. The van der Waals surface area contributed by atoms with E-state index in [-0.39, 0.29) is 33.4 Å². The fourth-order valence-corrected chi connectivity index (χ4v) is 5.31. The largest absolute Gasteiger partial charge is 0.507 e. The van der Waals surface area contributed by atoms with E-state index in [0.717, 1.165) is 51.4 Å². The molecule has 0 saturated carbocycles. The van der Waals surface area contributed by atoms with Crippen LogP contribution in [-0.4, -0.2) is 43.3 Å². The number of nitrogens with one attached hydrogen (secondary N) is 1. The van der Waals surface area contributed by atoms with Crippen molar-refractivity contribution in [2.75, 3.05) is 17.8 Å². The molecular formula is C27H39N3O5S. The predicted octanol–water partition coefficient (Wildman–Crippen LogP) is 5.20. The Morgan fingerprint density at radius 1 is 0.917 bits per heavy atom. The lowest BCUT2D eigenvalue weighted by Gasteiger charge is -2.24. The first-order chi connectivity index (χ1) is 17.1. The van der Waals surface area contributed by atoms with Crippen molar-refractivity contribution < 1.29 is 23.1 Å². The molecule has 36 heavy (non-hydrogen) atoms. The van der Waals surface area contributed by atoms with Crippen LogP contribution in [0.25, 0.3) is 0 Å². The highest BCUT2D eigenvalue weighted by Crippen LogP contribution is 2.30. The quantitative estimate of drug-likeness (QED) is 0.221. The van der Waals surface area contributed by atoms with E-state index in [1.807, 2.05) is 0 Å². The smallest absolute Gasteiger partial charge is 0.262 e. The van der Waals surface area contributed by atoms with Crippen LogP contribution in [0.4, 0.5) is 5.69 Å². The highest BCUT2D eigenvalue weighted by Gasteiger charge is 2.24. The predicted molar refractivity (Wildman–Crippen MR) is 143 cm³/mol. The van der Waals surface area contributed by atoms with Gasteiger partial charge in [-0.25, -0.2) is 8.42 Å². The Morgan fingerprint density at radius 3 is 2.06 bits per heavy atom. The standard InChI is InChI=1S/C27H39N3O5S/c1-4-6-8-12-16-30(17-13-9-7-5-2)27(33)23-19-21(18-20(3)25(23)31)29-36(34,35)24-15-11-10-14-22(24)26(28)32/h10-11,14-15,18-19,29,31H,4-9,12-13,16-17H2,1-3H3,(H2,28,32). The molecule has 8 nitrogen and oxygen atoms in total. The van der Waals surface area contributed by atoms with Gasteiger partial charge in [0.1, 0.15) is 10.6 Å². The van der Waals surface area contributed by atoms with Gasteiger partial charge in [0.2, 0.25) is 5.91 Å². The molecule has 0 aliphatic rings. The number of benzene rings is 2. The molecule has 2 aromatic carbocycles. The second-order valence-electron chi connectivity index (χ2n) is 9.07. The molecule has 2 rings (SSSR count). The van der Waals surface area contributed by atoms with E-state index < -0.39 is 15.9 Å². The summed E-state index contributed by atoms with van der Waals surface area (Å²) in [6.45, 7) is 7.01. The molecule has 198 valence electrons. The van der Waals surface area contributed by atoms with E-state index in [1.54, 1.807) is 11.8 Å². The van der Waals surface area contributed by atoms with Crippen LogP contribution in [0.2, 0.25) is 0 Å². The first kappa shape index (κ1) is 29.2. The van der Waals surface area contributed by atoms with Crippen LogP contribution in [0.5, 0.6) is 5.75 Å². The van der Waals surface area contributed by atoms with Crippen LogP contribution in [0.3, 0.4) is 0 Å². The number of aromatic hydroxyl groups is 1. The number of aryl methyl sites for hydroxylation is 1. The van der Waals surface area contributed by atoms with Crippen molar-refractivity contribution >= 4 is 27.5 Å². The summed E-state index contributed by atoms with van der Waals surface area (Å²) in [5.41, 5.74) is 5.73. The van der Waals surface area contributed by atoms with Gasteiger partial charge < -0.3 is 15.7 Å². The number of rotatable bonds is 15. The molecule has 2 aromatic rings. The Labute approximate surface area is 214 Å². The second-order valence-corrected chi connectivity index (χ2v) is 10.7. The Bertz CT molecular complexity index is 1140. The van der Waals surface area contributed by atoms with Gasteiger partial charge in [0.25, 0.3) is 15.9 Å². The molecule has 0 bridgehead atoms. The highest BCUT2D eigenvalue weighted by molar-refractivity contribution is 7.92. The number of nitrogens with two attached hydrogens (primary N) is 1. The topological polar surface area (TPSA) is 130 Å². The average molecular weight is 518 g/mol. The molecule has 9 heteroatoms. The van der Waals surface area contributed by atoms with E-state index in [4.69, 9.17) is 5.73 Å². The molecule has 0 aliphatic heterocycles. The number of carbonyl (C=O) groups excluding carboxylic acids is 2. The number of sulfonamides is 1. The Balaban J connectivity index is 2.35. The number of phenols is 1. The van der Waals surface area contributed by atoms with Gasteiger partial charge in [-0.2, -0.15) is 0 Å². The van der Waals surface area contributed by atoms with Crippen molar-refractivity contribution in [2.45, 2.75) is 77.0 Å². The third kappa shape index (κ3) is 7.98. The maximum Gasteiger partial charge on any atom is 0.262 e. The molecule has 0 radical (unpaired) electrons. The number of amides is 2. The van der Waals surface area contributed by atoms with Gasteiger partial charge >= 0.3 is 0 Å². The molecule has 0 fully saturated rings. The first-order valence-electron chi connectivity index (χ1n) is 12.7. The number of hydrogen-bond acceptors (Lipinski definition) is 5. The molecule has 0 saturated heterocycles. The highest BCUT2D eigenvalue weighted by atomic mass is 32.2. The van der Waals surface area contributed by atoms with E-state index in [0.29, 0.717) is 18.7 Å². The summed E-state index contributed by atoms with van der Waals surface area (Å²) in [4.78, 5) is 26.7. The van der Waals surface area contributed by atoms with Crippen molar-refractivity contribution in [3.8, 4) is 5.75 Å². The number of nitrogens with zero attached hydrogens (tertiary/aromatic N) is 1. The average Bonchev–Trinajstić information content (AvgIpc) is 2.84. The number of phenolic OH excluding ortho intramolecular Hbond substituents is 1. The van der Waals surface area contributed by atoms with Gasteiger partial charge in [-0.3, -0.25) is 14.3 Å². The van der Waals surface area contributed by atoms with Crippen LogP contribution in [0.1, 0.15) is 91.5 Å². The van der Waals surface area contributed by atoms with Gasteiger partial charge in [0.05, 0.1) is 16.8 Å². The minimum absolute atomic E-state index is 0.0434. The number of hydrogen-bond donors (Lipinski definition) is 3. The third-order valence-electron chi connectivity index (χ3n) is 6.08. The van der Waals surface area contributed by atoms with Gasteiger partial charge in [0.15, 0.2) is 0 Å². The summed E-state index contributed by atoms with van der Waals surface area (Å²) < 4.78 is 28.6. The molecule has 2 amide bonds. The maximum absolute atomic E-state index is 13.5. The van der Waals surface area contributed by atoms with Crippen LogP contribution >= 0.6 is 0 Å². The molecule has 0 aliphatic carbocycles. The molecular weight excluding hydrogens is 478 g/mol. The number of carbonyl (C=O) groups is 2. The van der Waals surface area contributed by atoms with E-state index in [2.05, 4.69) is 18.6 Å². The minimum Gasteiger partial charge on any atom is -0.507 e. The van der Waals surface area contributed by atoms with Crippen molar-refractivity contribution in [1.82, 2.24) is 4.90 Å². The molecule has 0 aromatic heterocycles. The van der Waals surface area contributed by atoms with Gasteiger partial charge in [0, 0.05) is 13.1 Å². The van der Waals surface area contributed by atoms with Gasteiger partial charge in [-0.15, -0.1) is 0 Å². The van der Waals surface area contributed by atoms with Crippen LogP contribution < -0.4 is 10.5 Å². The molecule has 0 spiro atoms. The zero-order chi connectivity index (χ0) is 26.7. The summed E-state index contributed by atoms with van der Waals surface area (Å²) in [5.74, 6) is -1.37. The Morgan fingerprint density at radius 2 is 1.50 bits per heavy atom. The Hall–Kier alpha value is -3.07.